The molecule has 0 N–H and O–H groups in total. The summed E-state index contributed by atoms with van der Waals surface area (Å²) in [6.45, 7) is 9.37. The number of benzene rings is 4. The Labute approximate surface area is 236 Å². The van der Waals surface area contributed by atoms with Crippen LogP contribution in [0.25, 0.3) is 59.8 Å². The van der Waals surface area contributed by atoms with Gasteiger partial charge in [0, 0.05) is 16.8 Å². The molecule has 3 aromatic heterocycles. The predicted octanol–water partition coefficient (Wildman–Crippen LogP) is 9.60. The van der Waals surface area contributed by atoms with Crippen LogP contribution >= 0.6 is 0 Å². The number of pyridine rings is 2. The van der Waals surface area contributed by atoms with Crippen molar-refractivity contribution in [3.05, 3.63) is 83.6 Å². The summed E-state index contributed by atoms with van der Waals surface area (Å²) in [7, 11) is 2.23. The first-order chi connectivity index (χ1) is 19.3. The van der Waals surface area contributed by atoms with Gasteiger partial charge in [0.25, 0.3) is 0 Å². The van der Waals surface area contributed by atoms with Crippen LogP contribution in [0.15, 0.2) is 66.9 Å². The zero-order chi connectivity index (χ0) is 27.3. The standard InChI is InChI=1S/C38H39N2/c1-23-28-12-8-9-13-29(28)35-30-15-14-25(22-38(2,3)4)20-31(30)40-32-21-26(18-24-10-6-7-11-24)19-27-16-17-39(5)36(34(27)32)33(23)37(35)40/h8-9,12-17,19-21,24H,6-7,10-11,18,22H2,1-5H3/q+1. The minimum Gasteiger partial charge on any atom is -0.307 e. The van der Waals surface area contributed by atoms with Gasteiger partial charge in [-0.1, -0.05) is 88.9 Å². The molecule has 8 rings (SSSR count). The molecule has 1 aliphatic carbocycles. The van der Waals surface area contributed by atoms with E-state index in [-0.39, 0.29) is 5.41 Å². The van der Waals surface area contributed by atoms with Crippen molar-refractivity contribution in [3.8, 4) is 0 Å². The highest BCUT2D eigenvalue weighted by Gasteiger charge is 2.27. The third-order valence-electron chi connectivity index (χ3n) is 9.73. The molecule has 7 aromatic rings. The third kappa shape index (κ3) is 3.44. The minimum absolute atomic E-state index is 0.241. The highest BCUT2D eigenvalue weighted by molar-refractivity contribution is 6.33. The summed E-state index contributed by atoms with van der Waals surface area (Å²) in [4.78, 5) is 0. The number of hydrogen-bond acceptors (Lipinski definition) is 0. The molecule has 1 aliphatic rings. The lowest BCUT2D eigenvalue weighted by atomic mass is 9.88. The molecule has 2 heteroatoms. The summed E-state index contributed by atoms with van der Waals surface area (Å²) in [6, 6.07) is 23.7. The van der Waals surface area contributed by atoms with Crippen molar-refractivity contribution in [3.63, 3.8) is 0 Å². The van der Waals surface area contributed by atoms with Gasteiger partial charge in [0.15, 0.2) is 6.20 Å². The first kappa shape index (κ1) is 24.2. The third-order valence-corrected chi connectivity index (χ3v) is 9.73. The Bertz CT molecular complexity index is 2110. The van der Waals surface area contributed by atoms with E-state index < -0.39 is 0 Å². The second-order valence-corrected chi connectivity index (χ2v) is 13.9. The fourth-order valence-corrected chi connectivity index (χ4v) is 8.13. The van der Waals surface area contributed by atoms with E-state index in [0.29, 0.717) is 0 Å². The number of rotatable bonds is 3. The molecular weight excluding hydrogens is 484 g/mol. The van der Waals surface area contributed by atoms with Crippen LogP contribution in [0.4, 0.5) is 0 Å². The van der Waals surface area contributed by atoms with Gasteiger partial charge in [0.1, 0.15) is 7.05 Å². The Morgan fingerprint density at radius 3 is 2.33 bits per heavy atom. The second kappa shape index (κ2) is 8.43. The SMILES string of the molecule is Cc1c2ccccc2c2c3ccc(CC(C)(C)C)cc3n3c4cc(CC5CCCC5)cc5cc[n+](C)c(c1c23)c54. The van der Waals surface area contributed by atoms with Crippen molar-refractivity contribution in [2.75, 3.05) is 0 Å². The van der Waals surface area contributed by atoms with Gasteiger partial charge in [0.2, 0.25) is 5.52 Å². The molecule has 0 amide bonds. The maximum atomic E-state index is 2.65. The first-order valence-electron chi connectivity index (χ1n) is 15.2. The summed E-state index contributed by atoms with van der Waals surface area (Å²) in [5.74, 6) is 0.825. The average Bonchev–Trinajstić information content (AvgIpc) is 3.55. The Balaban J connectivity index is 1.62. The summed E-state index contributed by atoms with van der Waals surface area (Å²) in [6.07, 6.45) is 10.1. The minimum atomic E-state index is 0.241. The zero-order valence-electron chi connectivity index (χ0n) is 24.6. The second-order valence-electron chi connectivity index (χ2n) is 13.9. The number of fused-ring (bicyclic) bond motifs is 7. The van der Waals surface area contributed by atoms with Crippen LogP contribution < -0.4 is 4.57 Å². The van der Waals surface area contributed by atoms with E-state index in [9.17, 15) is 0 Å². The largest absolute Gasteiger partial charge is 0.307 e. The van der Waals surface area contributed by atoms with Gasteiger partial charge < -0.3 is 4.40 Å². The van der Waals surface area contributed by atoms with Crippen LogP contribution in [0.1, 0.15) is 63.1 Å². The molecule has 4 aromatic carbocycles. The number of aromatic nitrogens is 2. The fourth-order valence-electron chi connectivity index (χ4n) is 8.13. The average molecular weight is 524 g/mol. The molecule has 1 saturated carbocycles. The van der Waals surface area contributed by atoms with Crippen molar-refractivity contribution < 1.29 is 4.57 Å². The van der Waals surface area contributed by atoms with E-state index in [2.05, 4.69) is 111 Å². The summed E-state index contributed by atoms with van der Waals surface area (Å²) in [5, 5.41) is 9.66. The van der Waals surface area contributed by atoms with Crippen LogP contribution in [0.3, 0.4) is 0 Å². The highest BCUT2D eigenvalue weighted by atomic mass is 15.0. The van der Waals surface area contributed by atoms with Crippen LogP contribution in [0.2, 0.25) is 0 Å². The van der Waals surface area contributed by atoms with Gasteiger partial charge in [-0.3, -0.25) is 0 Å². The normalized spacial score (nSPS) is 15.3. The Hall–Kier alpha value is -3.65. The molecule has 1 fully saturated rings. The quantitative estimate of drug-likeness (QED) is 0.124. The molecular formula is C38H39N2+. The van der Waals surface area contributed by atoms with E-state index in [4.69, 9.17) is 0 Å². The monoisotopic (exact) mass is 523 g/mol. The molecule has 40 heavy (non-hydrogen) atoms. The van der Waals surface area contributed by atoms with Gasteiger partial charge in [-0.05, 0) is 76.1 Å². The maximum absolute atomic E-state index is 2.65. The van der Waals surface area contributed by atoms with Crippen LogP contribution in [0.5, 0.6) is 0 Å². The van der Waals surface area contributed by atoms with Crippen LogP contribution in [0, 0.1) is 18.3 Å². The topological polar surface area (TPSA) is 8.29 Å². The van der Waals surface area contributed by atoms with Gasteiger partial charge in [-0.2, -0.15) is 0 Å². The van der Waals surface area contributed by atoms with E-state index in [1.54, 1.807) is 0 Å². The number of hydrogen-bond donors (Lipinski definition) is 0. The number of nitrogens with zero attached hydrogens (tertiary/aromatic N) is 2. The zero-order valence-corrected chi connectivity index (χ0v) is 24.6. The van der Waals surface area contributed by atoms with Crippen molar-refractivity contribution in [1.29, 1.82) is 0 Å². The molecule has 200 valence electrons. The molecule has 0 spiro atoms. The van der Waals surface area contributed by atoms with Crippen molar-refractivity contribution in [2.24, 2.45) is 18.4 Å². The van der Waals surface area contributed by atoms with E-state index >= 15 is 0 Å². The van der Waals surface area contributed by atoms with E-state index in [1.807, 2.05) is 0 Å². The van der Waals surface area contributed by atoms with Gasteiger partial charge in [0.05, 0.1) is 27.3 Å². The molecule has 0 radical (unpaired) electrons. The Morgan fingerprint density at radius 2 is 1.55 bits per heavy atom. The van der Waals surface area contributed by atoms with Gasteiger partial charge >= 0.3 is 0 Å². The van der Waals surface area contributed by atoms with E-state index in [1.165, 1.54) is 109 Å². The van der Waals surface area contributed by atoms with Crippen molar-refractivity contribution in [2.45, 2.75) is 66.2 Å². The molecule has 0 atom stereocenters. The fraction of sp³-hybridized carbons (Fsp3) is 0.342. The molecule has 0 unspecified atom stereocenters. The molecule has 0 saturated heterocycles. The first-order valence-corrected chi connectivity index (χ1v) is 15.2. The molecule has 2 nitrogen and oxygen atoms in total. The lowest BCUT2D eigenvalue weighted by molar-refractivity contribution is -0.643. The van der Waals surface area contributed by atoms with Gasteiger partial charge in [-0.25, -0.2) is 4.57 Å². The van der Waals surface area contributed by atoms with Crippen molar-refractivity contribution >= 4 is 59.8 Å². The highest BCUT2D eigenvalue weighted by Crippen LogP contribution is 2.45. The number of aryl methyl sites for hydroxylation is 2. The summed E-state index contributed by atoms with van der Waals surface area (Å²) < 4.78 is 5.02. The molecule has 0 bridgehead atoms. The lowest BCUT2D eigenvalue weighted by Gasteiger charge is -2.18. The Kier molecular flexibility index (Phi) is 5.09. The summed E-state index contributed by atoms with van der Waals surface area (Å²) in [5.41, 5.74) is 10.00. The predicted molar refractivity (Wildman–Crippen MR) is 171 cm³/mol. The van der Waals surface area contributed by atoms with E-state index in [0.717, 1.165) is 12.3 Å². The van der Waals surface area contributed by atoms with Gasteiger partial charge in [-0.15, -0.1) is 0 Å². The van der Waals surface area contributed by atoms with Crippen LogP contribution in [-0.2, 0) is 19.9 Å². The summed E-state index contributed by atoms with van der Waals surface area (Å²) >= 11 is 0. The molecule has 0 aliphatic heterocycles. The smallest absolute Gasteiger partial charge is 0.224 e. The lowest BCUT2D eigenvalue weighted by Crippen LogP contribution is -2.29. The maximum Gasteiger partial charge on any atom is 0.224 e. The van der Waals surface area contributed by atoms with Crippen molar-refractivity contribution in [1.82, 2.24) is 4.40 Å². The van der Waals surface area contributed by atoms with Crippen LogP contribution in [-0.4, -0.2) is 4.40 Å². The molecule has 3 heterocycles. The Morgan fingerprint density at radius 1 is 0.800 bits per heavy atom.